The normalized spacial score (nSPS) is 13.7. The van der Waals surface area contributed by atoms with Gasteiger partial charge in [0.05, 0.1) is 0 Å². The van der Waals surface area contributed by atoms with Crippen LogP contribution in [0.2, 0.25) is 0 Å². The molecule has 0 radical (unpaired) electrons. The number of aliphatic hydroxyl groups is 6. The van der Waals surface area contributed by atoms with Gasteiger partial charge in [-0.05, 0) is 41.5 Å². The van der Waals surface area contributed by atoms with E-state index in [1.807, 2.05) is 0 Å². The van der Waals surface area contributed by atoms with Crippen LogP contribution in [0.4, 0.5) is 0 Å². The number of aliphatic carboxylic acids is 6. The highest BCUT2D eigenvalue weighted by atomic mass is 16.4. The number of aliphatic hydroxyl groups excluding tert-OH is 6. The number of hydrogen-bond donors (Lipinski definition) is 12. The summed E-state index contributed by atoms with van der Waals surface area (Å²) in [6.45, 7) is 7.18. The van der Waals surface area contributed by atoms with Crippen molar-refractivity contribution in [2.75, 3.05) is 0 Å². The predicted molar refractivity (Wildman–Crippen MR) is 116 cm³/mol. The molecule has 0 saturated carbocycles. The summed E-state index contributed by atoms with van der Waals surface area (Å²) in [6, 6.07) is 0. The molecule has 0 rings (SSSR count). The summed E-state index contributed by atoms with van der Waals surface area (Å²) >= 11 is 0. The maximum atomic E-state index is 9.45. The minimum absolute atomic E-state index is 1.19. The van der Waals surface area contributed by atoms with E-state index in [0.29, 0.717) is 0 Å². The maximum absolute atomic E-state index is 9.45. The summed E-state index contributed by atoms with van der Waals surface area (Å²) in [4.78, 5) is 56.7. The van der Waals surface area contributed by atoms with Gasteiger partial charge in [0.2, 0.25) is 0 Å². The highest BCUT2D eigenvalue weighted by Crippen LogP contribution is 1.76. The number of rotatable bonds is 6. The van der Waals surface area contributed by atoms with E-state index in [4.69, 9.17) is 61.3 Å². The molecule has 0 aliphatic heterocycles. The van der Waals surface area contributed by atoms with Crippen LogP contribution in [0.1, 0.15) is 41.5 Å². The van der Waals surface area contributed by atoms with Gasteiger partial charge in [-0.15, -0.1) is 0 Å². The molecule has 0 spiro atoms. The minimum atomic E-state index is -1.23. The smallest absolute Gasteiger partial charge is 0.332 e. The van der Waals surface area contributed by atoms with Crippen LogP contribution >= 0.6 is 0 Å². The highest BCUT2D eigenvalue weighted by molar-refractivity contribution is 5.72. The fourth-order valence-electron chi connectivity index (χ4n) is 0. The first-order valence-corrected chi connectivity index (χ1v) is 9.31. The van der Waals surface area contributed by atoms with Gasteiger partial charge in [0.1, 0.15) is 36.6 Å². The fraction of sp³-hybridized carbons (Fsp3) is 0.667. The van der Waals surface area contributed by atoms with Gasteiger partial charge in [-0.25, -0.2) is 28.8 Å². The van der Waals surface area contributed by atoms with Gasteiger partial charge in [-0.3, -0.25) is 0 Å². The van der Waals surface area contributed by atoms with E-state index in [9.17, 15) is 28.8 Å². The lowest BCUT2D eigenvalue weighted by atomic mass is 10.4. The molecule has 18 heteroatoms. The molecule has 0 amide bonds. The Morgan fingerprint density at radius 3 is 0.333 bits per heavy atom. The Balaban J connectivity index is -0.0000000750. The van der Waals surface area contributed by atoms with Crippen molar-refractivity contribution >= 4 is 35.8 Å². The van der Waals surface area contributed by atoms with Crippen LogP contribution in [0.25, 0.3) is 0 Å². The molecule has 0 aromatic heterocycles. The van der Waals surface area contributed by atoms with Crippen molar-refractivity contribution in [1.82, 2.24) is 0 Å². The Kier molecular flexibility index (Phi) is 35.5. The summed E-state index contributed by atoms with van der Waals surface area (Å²) < 4.78 is 0. The number of carboxylic acids is 6. The number of carbonyl (C=O) groups is 6. The molecule has 0 fully saturated rings. The molecule has 0 aromatic carbocycles. The molecular weight excluding hydrogens is 504 g/mol. The molecule has 0 aromatic rings. The van der Waals surface area contributed by atoms with Gasteiger partial charge in [-0.2, -0.15) is 0 Å². The topological polar surface area (TPSA) is 345 Å². The van der Waals surface area contributed by atoms with Gasteiger partial charge in [-0.1, -0.05) is 0 Å². The molecule has 0 heterocycles. The Morgan fingerprint density at radius 2 is 0.333 bits per heavy atom. The second-order valence-electron chi connectivity index (χ2n) is 6.09. The second kappa shape index (κ2) is 27.8. The lowest BCUT2D eigenvalue weighted by molar-refractivity contribution is -0.146. The molecule has 12 N–H and O–H groups in total. The largest absolute Gasteiger partial charge is 0.479 e. The third-order valence-corrected chi connectivity index (χ3v) is 2.14. The van der Waals surface area contributed by atoms with Crippen LogP contribution in [0, 0.1) is 0 Å². The molecule has 36 heavy (non-hydrogen) atoms. The minimum Gasteiger partial charge on any atom is -0.479 e. The van der Waals surface area contributed by atoms with E-state index in [1.54, 1.807) is 0 Å². The zero-order chi connectivity index (χ0) is 30.9. The highest BCUT2D eigenvalue weighted by Gasteiger charge is 2.03. The van der Waals surface area contributed by atoms with Crippen molar-refractivity contribution in [1.29, 1.82) is 0 Å². The third kappa shape index (κ3) is 63.2. The summed E-state index contributed by atoms with van der Waals surface area (Å²) in [6.07, 6.45) is -7.39. The Morgan fingerprint density at radius 1 is 0.306 bits per heavy atom. The van der Waals surface area contributed by atoms with Crippen LogP contribution in [0.3, 0.4) is 0 Å². The zero-order valence-corrected chi connectivity index (χ0v) is 20.3. The van der Waals surface area contributed by atoms with Crippen molar-refractivity contribution < 1.29 is 90.0 Å². The van der Waals surface area contributed by atoms with Gasteiger partial charge in [0.15, 0.2) is 0 Å². The summed E-state index contributed by atoms with van der Waals surface area (Å²) in [7, 11) is 0. The van der Waals surface area contributed by atoms with Crippen LogP contribution in [-0.4, -0.2) is 134 Å². The van der Waals surface area contributed by atoms with Crippen LogP contribution in [0.15, 0.2) is 0 Å². The lowest BCUT2D eigenvalue weighted by Gasteiger charge is -1.89. The van der Waals surface area contributed by atoms with Crippen LogP contribution in [-0.2, 0) is 28.8 Å². The zero-order valence-electron chi connectivity index (χ0n) is 20.3. The first kappa shape index (κ1) is 46.0. The SMILES string of the molecule is CC(O)C(=O)O.CC(O)C(=O)O.CC(O)C(=O)O.CC(O)C(=O)O.CC(O)C(=O)O.CC(O)C(=O)O. The fourth-order valence-corrected chi connectivity index (χ4v) is 0. The van der Waals surface area contributed by atoms with Gasteiger partial charge in [0, 0.05) is 0 Å². The molecular formula is C18H36O18. The third-order valence-electron chi connectivity index (χ3n) is 2.14. The van der Waals surface area contributed by atoms with Gasteiger partial charge in [0.25, 0.3) is 0 Å². The molecule has 0 bridgehead atoms. The predicted octanol–water partition coefficient (Wildman–Crippen LogP) is -3.29. The van der Waals surface area contributed by atoms with E-state index in [0.717, 1.165) is 0 Å². The summed E-state index contributed by atoms with van der Waals surface area (Å²) in [5, 5.41) is 94.6. The molecule has 6 unspecified atom stereocenters. The number of carboxylic acid groups (broad SMARTS) is 6. The van der Waals surface area contributed by atoms with Crippen LogP contribution in [0.5, 0.6) is 0 Å². The average Bonchev–Trinajstić information content (AvgIpc) is 2.69. The average molecular weight is 540 g/mol. The van der Waals surface area contributed by atoms with Crippen molar-refractivity contribution in [3.63, 3.8) is 0 Å². The van der Waals surface area contributed by atoms with Crippen molar-refractivity contribution in [3.8, 4) is 0 Å². The molecule has 0 aliphatic rings. The lowest BCUT2D eigenvalue weighted by Crippen LogP contribution is -2.13. The molecule has 216 valence electrons. The summed E-state index contributed by atoms with van der Waals surface area (Å²) in [5.41, 5.74) is 0. The standard InChI is InChI=1S/6C3H6O3/c6*1-2(4)3(5)6/h6*2,4H,1H3,(H,5,6). The van der Waals surface area contributed by atoms with Crippen molar-refractivity contribution in [2.24, 2.45) is 0 Å². The molecule has 18 nitrogen and oxygen atoms in total. The number of hydrogen-bond acceptors (Lipinski definition) is 12. The second-order valence-corrected chi connectivity index (χ2v) is 6.09. The van der Waals surface area contributed by atoms with E-state index in [1.165, 1.54) is 41.5 Å². The van der Waals surface area contributed by atoms with Crippen molar-refractivity contribution in [3.05, 3.63) is 0 Å². The Hall–Kier alpha value is -3.42. The van der Waals surface area contributed by atoms with Crippen LogP contribution < -0.4 is 0 Å². The quantitative estimate of drug-likeness (QED) is 0.157. The van der Waals surface area contributed by atoms with Gasteiger partial charge < -0.3 is 61.3 Å². The molecule has 0 saturated heterocycles. The first-order valence-electron chi connectivity index (χ1n) is 9.31. The Bertz CT molecular complexity index is 482. The van der Waals surface area contributed by atoms with Gasteiger partial charge >= 0.3 is 35.8 Å². The summed E-state index contributed by atoms with van der Waals surface area (Å²) in [5.74, 6) is -7.11. The van der Waals surface area contributed by atoms with E-state index in [-0.39, 0.29) is 0 Å². The van der Waals surface area contributed by atoms with E-state index in [2.05, 4.69) is 0 Å². The molecule has 6 atom stereocenters. The molecule has 0 aliphatic carbocycles. The van der Waals surface area contributed by atoms with E-state index >= 15 is 0 Å². The Labute approximate surface area is 204 Å². The first-order chi connectivity index (χ1) is 15.9. The van der Waals surface area contributed by atoms with Crippen molar-refractivity contribution in [2.45, 2.75) is 78.2 Å². The maximum Gasteiger partial charge on any atom is 0.332 e. The van der Waals surface area contributed by atoms with E-state index < -0.39 is 72.4 Å². The monoisotopic (exact) mass is 540 g/mol.